The third-order valence-corrected chi connectivity index (χ3v) is 5.84. The van der Waals surface area contributed by atoms with Gasteiger partial charge in [-0.2, -0.15) is 0 Å². The molecule has 8 heteroatoms. The average Bonchev–Trinajstić information content (AvgIpc) is 3.25. The number of amidine groups is 1. The van der Waals surface area contributed by atoms with Crippen molar-refractivity contribution in [2.24, 2.45) is 0 Å². The largest absolute Gasteiger partial charge is 0.497 e. The highest BCUT2D eigenvalue weighted by molar-refractivity contribution is 8.14. The summed E-state index contributed by atoms with van der Waals surface area (Å²) < 4.78 is 7.19. The van der Waals surface area contributed by atoms with Crippen molar-refractivity contribution in [1.82, 2.24) is 0 Å². The summed E-state index contributed by atoms with van der Waals surface area (Å²) in [5, 5.41) is 23.3. The van der Waals surface area contributed by atoms with Gasteiger partial charge in [-0.15, -0.1) is 0 Å². The molecule has 0 bridgehead atoms. The van der Waals surface area contributed by atoms with Gasteiger partial charge in [0.15, 0.2) is 6.54 Å². The Balaban J connectivity index is 1.70. The summed E-state index contributed by atoms with van der Waals surface area (Å²) in [5.74, 6) is 1.66. The van der Waals surface area contributed by atoms with Gasteiger partial charge in [0.25, 0.3) is 11.4 Å². The molecular weight excluding hydrogens is 354 g/mol. The number of benzene rings is 2. The second-order valence-electron chi connectivity index (χ2n) is 6.19. The number of nitro groups is 1. The number of non-ortho nitro benzene ring substituents is 1. The van der Waals surface area contributed by atoms with Crippen molar-refractivity contribution < 1.29 is 19.3 Å². The molecule has 0 aromatic heterocycles. The van der Waals surface area contributed by atoms with Crippen LogP contribution in [-0.2, 0) is 5.72 Å². The number of hydrogen-bond donors (Lipinski definition) is 1. The number of anilines is 1. The minimum Gasteiger partial charge on any atom is -0.497 e. The van der Waals surface area contributed by atoms with Crippen LogP contribution in [0.15, 0.2) is 48.5 Å². The fourth-order valence-corrected chi connectivity index (χ4v) is 4.58. The van der Waals surface area contributed by atoms with Gasteiger partial charge in [-0.05, 0) is 48.2 Å². The summed E-state index contributed by atoms with van der Waals surface area (Å²) in [6.07, 6.45) is 0. The predicted molar refractivity (Wildman–Crippen MR) is 99.9 cm³/mol. The second-order valence-corrected chi connectivity index (χ2v) is 7.25. The molecule has 2 heterocycles. The van der Waals surface area contributed by atoms with E-state index in [2.05, 4.69) is 4.90 Å². The minimum absolute atomic E-state index is 0.0161. The van der Waals surface area contributed by atoms with Crippen LogP contribution in [0, 0.1) is 10.1 Å². The Hall–Kier alpha value is -2.58. The first kappa shape index (κ1) is 16.9. The SMILES string of the molecule is COc1ccc(N2CC(O)(c3ccc([N+](=O)[O-])cc3)[N+]3=C2SCC3)cc1. The molecule has 4 rings (SSSR count). The lowest BCUT2D eigenvalue weighted by molar-refractivity contribution is -0.650. The van der Waals surface area contributed by atoms with Gasteiger partial charge in [-0.1, -0.05) is 0 Å². The summed E-state index contributed by atoms with van der Waals surface area (Å²) in [6, 6.07) is 13.9. The molecule has 134 valence electrons. The molecule has 0 radical (unpaired) electrons. The quantitative estimate of drug-likeness (QED) is 0.504. The Bertz CT molecular complexity index is 882. The Morgan fingerprint density at radius 3 is 2.54 bits per heavy atom. The molecular formula is C18H18N3O4S+. The van der Waals surface area contributed by atoms with Crippen molar-refractivity contribution in [3.8, 4) is 5.75 Å². The molecule has 0 fully saturated rings. The topological polar surface area (TPSA) is 78.9 Å². The average molecular weight is 372 g/mol. The van der Waals surface area contributed by atoms with E-state index in [1.165, 1.54) is 12.1 Å². The van der Waals surface area contributed by atoms with Crippen molar-refractivity contribution in [3.63, 3.8) is 0 Å². The molecule has 2 aliphatic heterocycles. The highest BCUT2D eigenvalue weighted by Gasteiger charge is 2.54. The number of hydrogen-bond acceptors (Lipinski definition) is 6. The zero-order valence-corrected chi connectivity index (χ0v) is 15.0. The highest BCUT2D eigenvalue weighted by Crippen LogP contribution is 2.38. The predicted octanol–water partition coefficient (Wildman–Crippen LogP) is 2.38. The second kappa shape index (κ2) is 6.30. The van der Waals surface area contributed by atoms with Crippen molar-refractivity contribution in [2.45, 2.75) is 5.72 Å². The summed E-state index contributed by atoms with van der Waals surface area (Å²) >= 11 is 1.70. The summed E-state index contributed by atoms with van der Waals surface area (Å²) in [6.45, 7) is 1.08. The van der Waals surface area contributed by atoms with Gasteiger partial charge < -0.3 is 9.84 Å². The van der Waals surface area contributed by atoms with Crippen molar-refractivity contribution in [3.05, 3.63) is 64.2 Å². The standard InChI is InChI=1S/C18H18N3O4S/c1-25-16-8-6-14(7-9-16)19-12-18(22,20-10-11-26-17(19)20)13-2-4-15(5-3-13)21(23)24/h2-9,22H,10-12H2,1H3/q+1. The van der Waals surface area contributed by atoms with E-state index in [0.717, 1.165) is 28.9 Å². The molecule has 26 heavy (non-hydrogen) atoms. The molecule has 0 aliphatic carbocycles. The van der Waals surface area contributed by atoms with Crippen LogP contribution in [0.1, 0.15) is 5.56 Å². The van der Waals surface area contributed by atoms with Gasteiger partial charge in [0.1, 0.15) is 11.4 Å². The third kappa shape index (κ3) is 2.62. The van der Waals surface area contributed by atoms with Crippen LogP contribution in [0.4, 0.5) is 11.4 Å². The number of β-amino-alcohol motifs (C(OH)–C–C–N with tert-alkyl or cyclic N) is 1. The van der Waals surface area contributed by atoms with E-state index in [1.54, 1.807) is 31.0 Å². The first-order chi connectivity index (χ1) is 12.5. The van der Waals surface area contributed by atoms with E-state index >= 15 is 0 Å². The summed E-state index contributed by atoms with van der Waals surface area (Å²) in [4.78, 5) is 12.5. The van der Waals surface area contributed by atoms with Crippen LogP contribution >= 0.6 is 11.8 Å². The fraction of sp³-hybridized carbons (Fsp3) is 0.278. The molecule has 0 amide bonds. The summed E-state index contributed by atoms with van der Waals surface area (Å²) in [5.41, 5.74) is 0.424. The highest BCUT2D eigenvalue weighted by atomic mass is 32.2. The number of nitro benzene ring substituents is 1. The van der Waals surface area contributed by atoms with E-state index < -0.39 is 10.6 Å². The third-order valence-electron chi connectivity index (χ3n) is 4.76. The van der Waals surface area contributed by atoms with Crippen LogP contribution in [0.25, 0.3) is 0 Å². The van der Waals surface area contributed by atoms with E-state index in [0.29, 0.717) is 12.1 Å². The lowest BCUT2D eigenvalue weighted by atomic mass is 10.0. The number of methoxy groups -OCH3 is 1. The number of rotatable bonds is 4. The van der Waals surface area contributed by atoms with Crippen LogP contribution < -0.4 is 9.64 Å². The lowest BCUT2D eigenvalue weighted by Crippen LogP contribution is -2.41. The van der Waals surface area contributed by atoms with E-state index in [1.807, 2.05) is 28.8 Å². The molecule has 0 saturated carbocycles. The maximum absolute atomic E-state index is 11.5. The van der Waals surface area contributed by atoms with Crippen LogP contribution in [0.5, 0.6) is 5.75 Å². The monoisotopic (exact) mass is 372 g/mol. The Labute approximate surface area is 154 Å². The zero-order valence-electron chi connectivity index (χ0n) is 14.2. The van der Waals surface area contributed by atoms with Crippen molar-refractivity contribution >= 4 is 28.3 Å². The maximum atomic E-state index is 11.5. The van der Waals surface area contributed by atoms with Gasteiger partial charge in [0.2, 0.25) is 0 Å². The van der Waals surface area contributed by atoms with Crippen molar-refractivity contribution in [2.75, 3.05) is 30.9 Å². The van der Waals surface area contributed by atoms with Gasteiger partial charge in [0.05, 0.1) is 18.6 Å². The number of aliphatic hydroxyl groups is 1. The lowest BCUT2D eigenvalue weighted by Gasteiger charge is -2.22. The number of nitrogens with zero attached hydrogens (tertiary/aromatic N) is 3. The Morgan fingerprint density at radius 2 is 1.92 bits per heavy atom. The molecule has 1 unspecified atom stereocenters. The number of thioether (sulfide) groups is 1. The van der Waals surface area contributed by atoms with Crippen molar-refractivity contribution in [1.29, 1.82) is 0 Å². The molecule has 2 aliphatic rings. The van der Waals surface area contributed by atoms with Crippen LogP contribution in [0.3, 0.4) is 0 Å². The fourth-order valence-electron chi connectivity index (χ4n) is 3.40. The van der Waals surface area contributed by atoms with Gasteiger partial charge >= 0.3 is 5.17 Å². The molecule has 7 nitrogen and oxygen atoms in total. The molecule has 2 aromatic carbocycles. The molecule has 0 spiro atoms. The molecule has 1 N–H and O–H groups in total. The molecule has 1 atom stereocenters. The maximum Gasteiger partial charge on any atom is 0.316 e. The molecule has 2 aromatic rings. The first-order valence-corrected chi connectivity index (χ1v) is 9.18. The molecule has 0 saturated heterocycles. The van der Waals surface area contributed by atoms with Crippen LogP contribution in [0.2, 0.25) is 0 Å². The summed E-state index contributed by atoms with van der Waals surface area (Å²) in [7, 11) is 1.63. The van der Waals surface area contributed by atoms with E-state index in [-0.39, 0.29) is 5.69 Å². The minimum atomic E-state index is -1.21. The zero-order chi connectivity index (χ0) is 18.3. The van der Waals surface area contributed by atoms with Gasteiger partial charge in [-0.25, -0.2) is 9.48 Å². The van der Waals surface area contributed by atoms with Gasteiger partial charge in [-0.3, -0.25) is 10.1 Å². The van der Waals surface area contributed by atoms with E-state index in [4.69, 9.17) is 4.74 Å². The van der Waals surface area contributed by atoms with Crippen LogP contribution in [-0.4, -0.2) is 45.7 Å². The Morgan fingerprint density at radius 1 is 1.23 bits per heavy atom. The number of ether oxygens (including phenoxy) is 1. The van der Waals surface area contributed by atoms with Gasteiger partial charge in [0, 0.05) is 23.4 Å². The smallest absolute Gasteiger partial charge is 0.316 e. The Kier molecular flexibility index (Phi) is 4.08. The first-order valence-electron chi connectivity index (χ1n) is 8.19. The van der Waals surface area contributed by atoms with E-state index in [9.17, 15) is 15.2 Å². The normalized spacial score (nSPS) is 21.8.